The van der Waals surface area contributed by atoms with Crippen molar-refractivity contribution in [3.05, 3.63) is 23.3 Å². The van der Waals surface area contributed by atoms with Crippen LogP contribution in [0, 0.1) is 6.92 Å². The van der Waals surface area contributed by atoms with Crippen LogP contribution in [-0.4, -0.2) is 41.5 Å². The molecule has 1 saturated carbocycles. The third-order valence-electron chi connectivity index (χ3n) is 4.10. The Bertz CT molecular complexity index is 428. The summed E-state index contributed by atoms with van der Waals surface area (Å²) in [6, 6.07) is 2.46. The summed E-state index contributed by atoms with van der Waals surface area (Å²) in [7, 11) is 2.16. The molecule has 1 aliphatic heterocycles. The van der Waals surface area contributed by atoms with E-state index in [1.807, 2.05) is 0 Å². The predicted octanol–water partition coefficient (Wildman–Crippen LogP) is 1.63. The average molecular weight is 246 g/mol. The van der Waals surface area contributed by atoms with E-state index in [1.54, 1.807) is 0 Å². The molecule has 2 aliphatic rings. The second-order valence-corrected chi connectivity index (χ2v) is 5.69. The molecule has 1 aromatic rings. The lowest BCUT2D eigenvalue weighted by atomic mass is 9.82. The lowest BCUT2D eigenvalue weighted by Crippen LogP contribution is -2.44. The van der Waals surface area contributed by atoms with E-state index in [0.717, 1.165) is 31.2 Å². The summed E-state index contributed by atoms with van der Waals surface area (Å²) in [4.78, 5) is 11.8. The summed E-state index contributed by atoms with van der Waals surface area (Å²) in [6.07, 6.45) is 3.95. The van der Waals surface area contributed by atoms with Gasteiger partial charge in [-0.15, -0.1) is 0 Å². The highest BCUT2D eigenvalue weighted by atomic mass is 15.2. The monoisotopic (exact) mass is 246 g/mol. The van der Waals surface area contributed by atoms with Gasteiger partial charge >= 0.3 is 0 Å². The van der Waals surface area contributed by atoms with Crippen LogP contribution >= 0.6 is 0 Å². The van der Waals surface area contributed by atoms with E-state index < -0.39 is 0 Å². The summed E-state index contributed by atoms with van der Waals surface area (Å²) in [5, 5.41) is 3.53. The molecule has 1 aromatic heterocycles. The van der Waals surface area contributed by atoms with Gasteiger partial charge in [-0.3, -0.25) is 0 Å². The Labute approximate surface area is 109 Å². The maximum Gasteiger partial charge on any atom is 0.147 e. The average Bonchev–Trinajstić information content (AvgIpc) is 2.26. The summed E-state index contributed by atoms with van der Waals surface area (Å²) >= 11 is 0. The highest BCUT2D eigenvalue weighted by molar-refractivity contribution is 5.18. The van der Waals surface area contributed by atoms with Crippen molar-refractivity contribution >= 4 is 0 Å². The molecule has 0 spiro atoms. The van der Waals surface area contributed by atoms with Gasteiger partial charge in [0.15, 0.2) is 0 Å². The van der Waals surface area contributed by atoms with Gasteiger partial charge in [0, 0.05) is 36.9 Å². The Kier molecular flexibility index (Phi) is 3.31. The Hall–Kier alpha value is -1.00. The van der Waals surface area contributed by atoms with Crippen molar-refractivity contribution in [2.24, 2.45) is 0 Å². The Balaban J connectivity index is 1.84. The molecule has 98 valence electrons. The van der Waals surface area contributed by atoms with Crippen molar-refractivity contribution in [3.63, 3.8) is 0 Å². The smallest absolute Gasteiger partial charge is 0.147 e. The molecule has 0 amide bonds. The van der Waals surface area contributed by atoms with Gasteiger partial charge < -0.3 is 10.2 Å². The number of hydrogen-bond donors (Lipinski definition) is 1. The number of nitrogens with one attached hydrogen (secondary N) is 1. The molecule has 1 N–H and O–H groups in total. The van der Waals surface area contributed by atoms with Crippen LogP contribution in [0.2, 0.25) is 0 Å². The second kappa shape index (κ2) is 4.94. The van der Waals surface area contributed by atoms with E-state index in [0.29, 0.717) is 12.0 Å². The predicted molar refractivity (Wildman–Crippen MR) is 71.6 cm³/mol. The molecule has 2 heterocycles. The highest BCUT2D eigenvalue weighted by Crippen LogP contribution is 2.35. The van der Waals surface area contributed by atoms with Crippen molar-refractivity contribution in [1.82, 2.24) is 20.2 Å². The first-order valence-corrected chi connectivity index (χ1v) is 7.00. The lowest BCUT2D eigenvalue weighted by molar-refractivity contribution is 0.234. The summed E-state index contributed by atoms with van der Waals surface area (Å²) < 4.78 is 0. The lowest BCUT2D eigenvalue weighted by Gasteiger charge is -2.31. The fourth-order valence-electron chi connectivity index (χ4n) is 2.76. The SMILES string of the molecule is Cc1cc(C2CCC2)nc(C2CN(C)CCN2)n1. The minimum absolute atomic E-state index is 0.294. The molecule has 4 heteroatoms. The summed E-state index contributed by atoms with van der Waals surface area (Å²) in [5.41, 5.74) is 2.37. The Morgan fingerprint density at radius 2 is 2.17 bits per heavy atom. The minimum Gasteiger partial charge on any atom is -0.305 e. The summed E-state index contributed by atoms with van der Waals surface area (Å²) in [6.45, 7) is 5.22. The fraction of sp³-hybridized carbons (Fsp3) is 0.714. The van der Waals surface area contributed by atoms with Gasteiger partial charge in [-0.1, -0.05) is 6.42 Å². The molecule has 18 heavy (non-hydrogen) atoms. The van der Waals surface area contributed by atoms with Crippen LogP contribution in [0.25, 0.3) is 0 Å². The van der Waals surface area contributed by atoms with Crippen LogP contribution in [0.5, 0.6) is 0 Å². The molecule has 1 aliphatic carbocycles. The normalized spacial score (nSPS) is 26.0. The van der Waals surface area contributed by atoms with Crippen LogP contribution in [0.4, 0.5) is 0 Å². The molecular weight excluding hydrogens is 224 g/mol. The molecular formula is C14H22N4. The van der Waals surface area contributed by atoms with Gasteiger partial charge in [0.1, 0.15) is 5.82 Å². The van der Waals surface area contributed by atoms with E-state index in [-0.39, 0.29) is 0 Å². The number of aromatic nitrogens is 2. The molecule has 3 rings (SSSR count). The molecule has 0 bridgehead atoms. The van der Waals surface area contributed by atoms with Crippen molar-refractivity contribution in [3.8, 4) is 0 Å². The van der Waals surface area contributed by atoms with E-state index in [9.17, 15) is 0 Å². The molecule has 2 fully saturated rings. The third-order valence-corrected chi connectivity index (χ3v) is 4.10. The first-order valence-electron chi connectivity index (χ1n) is 7.00. The minimum atomic E-state index is 0.294. The third kappa shape index (κ3) is 2.40. The molecule has 0 radical (unpaired) electrons. The molecule has 1 atom stereocenters. The van der Waals surface area contributed by atoms with Crippen LogP contribution in [0.1, 0.15) is 48.4 Å². The van der Waals surface area contributed by atoms with Crippen molar-refractivity contribution in [2.45, 2.75) is 38.1 Å². The van der Waals surface area contributed by atoms with Gasteiger partial charge in [0.05, 0.1) is 6.04 Å². The van der Waals surface area contributed by atoms with Crippen LogP contribution in [0.15, 0.2) is 6.07 Å². The van der Waals surface area contributed by atoms with Gasteiger partial charge in [-0.05, 0) is 32.9 Å². The van der Waals surface area contributed by atoms with E-state index in [2.05, 4.69) is 35.2 Å². The summed E-state index contributed by atoms with van der Waals surface area (Å²) in [5.74, 6) is 1.68. The van der Waals surface area contributed by atoms with Gasteiger partial charge in [-0.25, -0.2) is 9.97 Å². The number of likely N-dealkylation sites (N-methyl/N-ethyl adjacent to an activating group) is 1. The van der Waals surface area contributed by atoms with Gasteiger partial charge in [0.25, 0.3) is 0 Å². The number of nitrogens with zero attached hydrogens (tertiary/aromatic N) is 3. The van der Waals surface area contributed by atoms with Crippen molar-refractivity contribution in [1.29, 1.82) is 0 Å². The fourth-order valence-corrected chi connectivity index (χ4v) is 2.76. The number of rotatable bonds is 2. The van der Waals surface area contributed by atoms with E-state index >= 15 is 0 Å². The van der Waals surface area contributed by atoms with Crippen molar-refractivity contribution < 1.29 is 0 Å². The topological polar surface area (TPSA) is 41.1 Å². The van der Waals surface area contributed by atoms with Crippen LogP contribution < -0.4 is 5.32 Å². The maximum atomic E-state index is 4.81. The van der Waals surface area contributed by atoms with E-state index in [1.165, 1.54) is 25.0 Å². The van der Waals surface area contributed by atoms with E-state index in [4.69, 9.17) is 4.98 Å². The zero-order valence-corrected chi connectivity index (χ0v) is 11.3. The van der Waals surface area contributed by atoms with Crippen molar-refractivity contribution in [2.75, 3.05) is 26.7 Å². The molecule has 0 aromatic carbocycles. The zero-order valence-electron chi connectivity index (χ0n) is 11.3. The zero-order chi connectivity index (χ0) is 12.5. The quantitative estimate of drug-likeness (QED) is 0.861. The Morgan fingerprint density at radius 1 is 1.33 bits per heavy atom. The highest BCUT2D eigenvalue weighted by Gasteiger charge is 2.25. The maximum absolute atomic E-state index is 4.81. The van der Waals surface area contributed by atoms with Crippen LogP contribution in [0.3, 0.4) is 0 Å². The van der Waals surface area contributed by atoms with Gasteiger partial charge in [-0.2, -0.15) is 0 Å². The number of hydrogen-bond acceptors (Lipinski definition) is 4. The number of piperazine rings is 1. The Morgan fingerprint density at radius 3 is 2.83 bits per heavy atom. The largest absolute Gasteiger partial charge is 0.305 e. The van der Waals surface area contributed by atoms with Crippen LogP contribution in [-0.2, 0) is 0 Å². The first kappa shape index (κ1) is 12.1. The standard InChI is InChI=1S/C14H22N4/c1-10-8-12(11-4-3-5-11)17-14(16-10)13-9-18(2)7-6-15-13/h8,11,13,15H,3-7,9H2,1-2H3. The first-order chi connectivity index (χ1) is 8.72. The molecule has 1 unspecified atom stereocenters. The van der Waals surface area contributed by atoms with Gasteiger partial charge in [0.2, 0.25) is 0 Å². The second-order valence-electron chi connectivity index (χ2n) is 5.69. The molecule has 1 saturated heterocycles. The molecule has 4 nitrogen and oxygen atoms in total. The number of aryl methyl sites for hydroxylation is 1.